The highest BCUT2D eigenvalue weighted by atomic mass is 35.5. The van der Waals surface area contributed by atoms with Gasteiger partial charge in [0, 0.05) is 29.6 Å². The summed E-state index contributed by atoms with van der Waals surface area (Å²) in [7, 11) is 0. The summed E-state index contributed by atoms with van der Waals surface area (Å²) in [6.45, 7) is 3.89. The number of terminal acetylenes is 1. The first-order valence-electron chi connectivity index (χ1n) is 10.7. The number of nitrogens with zero attached hydrogens (tertiary/aromatic N) is 2. The van der Waals surface area contributed by atoms with E-state index in [4.69, 9.17) is 39.1 Å². The van der Waals surface area contributed by atoms with Crippen LogP contribution in [0, 0.1) is 12.3 Å². The SMILES string of the molecule is C#CCOC(=O)C1=C(C(=O)N(Cc2cccnc2)c2cc(OCC=C)c(Cl)cc2Cl)CCCC1. The highest BCUT2D eigenvalue weighted by molar-refractivity contribution is 6.37. The Balaban J connectivity index is 2.08. The van der Waals surface area contributed by atoms with Gasteiger partial charge < -0.3 is 14.4 Å². The van der Waals surface area contributed by atoms with Crippen LogP contribution in [0.2, 0.25) is 10.0 Å². The average Bonchev–Trinajstić information content (AvgIpc) is 2.86. The largest absolute Gasteiger partial charge is 0.488 e. The molecular weight excluding hydrogens is 475 g/mol. The Labute approximate surface area is 209 Å². The Morgan fingerprint density at radius 1 is 1.21 bits per heavy atom. The van der Waals surface area contributed by atoms with Gasteiger partial charge >= 0.3 is 5.97 Å². The number of hydrogen-bond donors (Lipinski definition) is 0. The normalized spacial score (nSPS) is 13.1. The zero-order valence-corrected chi connectivity index (χ0v) is 20.1. The number of hydrogen-bond acceptors (Lipinski definition) is 5. The van der Waals surface area contributed by atoms with Gasteiger partial charge in [-0.05, 0) is 43.4 Å². The van der Waals surface area contributed by atoms with Crippen molar-refractivity contribution in [1.82, 2.24) is 4.98 Å². The third-order valence-corrected chi connectivity index (χ3v) is 5.81. The summed E-state index contributed by atoms with van der Waals surface area (Å²) in [6, 6.07) is 6.77. The van der Waals surface area contributed by atoms with Gasteiger partial charge in [0.2, 0.25) is 0 Å². The van der Waals surface area contributed by atoms with Crippen LogP contribution in [0.15, 0.2) is 60.5 Å². The number of aromatic nitrogens is 1. The molecular formula is C26H24Cl2N2O4. The van der Waals surface area contributed by atoms with Crippen LogP contribution in [0.25, 0.3) is 0 Å². The van der Waals surface area contributed by atoms with Crippen molar-refractivity contribution in [1.29, 1.82) is 0 Å². The molecule has 0 saturated carbocycles. The van der Waals surface area contributed by atoms with Gasteiger partial charge in [-0.2, -0.15) is 0 Å². The molecule has 0 saturated heterocycles. The lowest BCUT2D eigenvalue weighted by molar-refractivity contribution is -0.138. The minimum atomic E-state index is -0.570. The second kappa shape index (κ2) is 12.3. The Kier molecular flexibility index (Phi) is 9.15. The Bertz CT molecular complexity index is 1140. The molecule has 0 aliphatic heterocycles. The van der Waals surface area contributed by atoms with Crippen molar-refractivity contribution >= 4 is 40.8 Å². The molecule has 8 heteroatoms. The maximum Gasteiger partial charge on any atom is 0.335 e. The summed E-state index contributed by atoms with van der Waals surface area (Å²) >= 11 is 12.8. The molecule has 3 rings (SSSR count). The number of ether oxygens (including phenoxy) is 2. The first kappa shape index (κ1) is 25.4. The molecule has 0 spiro atoms. The fourth-order valence-corrected chi connectivity index (χ4v) is 4.19. The van der Waals surface area contributed by atoms with Crippen molar-refractivity contribution in [2.45, 2.75) is 32.2 Å². The second-order valence-corrected chi connectivity index (χ2v) is 8.35. The van der Waals surface area contributed by atoms with E-state index >= 15 is 0 Å². The fraction of sp³-hybridized carbons (Fsp3) is 0.269. The van der Waals surface area contributed by atoms with Gasteiger partial charge in [-0.1, -0.05) is 47.8 Å². The first-order valence-corrected chi connectivity index (χ1v) is 11.5. The molecule has 0 fully saturated rings. The zero-order valence-electron chi connectivity index (χ0n) is 18.6. The maximum absolute atomic E-state index is 13.9. The lowest BCUT2D eigenvalue weighted by Crippen LogP contribution is -2.34. The average molecular weight is 499 g/mol. The standard InChI is InChI=1S/C26H24Cl2N2O4/c1-3-12-33-24-15-23(21(27)14-22(24)28)30(17-18-8-7-11-29-16-18)25(31)19-9-5-6-10-20(19)26(32)34-13-4-2/h2-3,7-8,11,14-16H,1,5-6,9-10,12-13,17H2. The second-order valence-electron chi connectivity index (χ2n) is 7.53. The molecule has 1 aliphatic carbocycles. The summed E-state index contributed by atoms with van der Waals surface area (Å²) in [5.74, 6) is 1.72. The van der Waals surface area contributed by atoms with Crippen LogP contribution in [0.4, 0.5) is 5.69 Å². The van der Waals surface area contributed by atoms with Crippen molar-refractivity contribution in [2.24, 2.45) is 0 Å². The summed E-state index contributed by atoms with van der Waals surface area (Å²) in [4.78, 5) is 32.2. The number of pyridine rings is 1. The predicted molar refractivity (Wildman–Crippen MR) is 133 cm³/mol. The van der Waals surface area contributed by atoms with Gasteiger partial charge in [0.15, 0.2) is 6.61 Å². The van der Waals surface area contributed by atoms with Crippen molar-refractivity contribution in [3.05, 3.63) is 76.1 Å². The molecule has 1 aliphatic rings. The molecule has 0 atom stereocenters. The fourth-order valence-electron chi connectivity index (χ4n) is 3.65. The molecule has 0 N–H and O–H groups in total. The van der Waals surface area contributed by atoms with E-state index in [2.05, 4.69) is 17.5 Å². The maximum atomic E-state index is 13.9. The highest BCUT2D eigenvalue weighted by Gasteiger charge is 2.30. The third kappa shape index (κ3) is 6.19. The quantitative estimate of drug-likeness (QED) is 0.258. The van der Waals surface area contributed by atoms with Gasteiger partial charge in [-0.25, -0.2) is 4.79 Å². The van der Waals surface area contributed by atoms with Gasteiger partial charge in [-0.3, -0.25) is 9.78 Å². The van der Waals surface area contributed by atoms with Crippen molar-refractivity contribution in [2.75, 3.05) is 18.1 Å². The molecule has 0 radical (unpaired) electrons. The summed E-state index contributed by atoms with van der Waals surface area (Å²) in [5, 5.41) is 0.570. The smallest absolute Gasteiger partial charge is 0.335 e. The van der Waals surface area contributed by atoms with E-state index in [1.54, 1.807) is 30.6 Å². The number of anilines is 1. The van der Waals surface area contributed by atoms with Crippen molar-refractivity contribution in [3.8, 4) is 18.1 Å². The first-order chi connectivity index (χ1) is 16.5. The van der Waals surface area contributed by atoms with E-state index in [1.165, 1.54) is 11.0 Å². The topological polar surface area (TPSA) is 68.7 Å². The van der Waals surface area contributed by atoms with Crippen LogP contribution >= 0.6 is 23.2 Å². The molecule has 176 valence electrons. The molecule has 0 unspecified atom stereocenters. The van der Waals surface area contributed by atoms with Gasteiger partial charge in [0.05, 0.1) is 22.3 Å². The molecule has 34 heavy (non-hydrogen) atoms. The van der Waals surface area contributed by atoms with E-state index in [0.29, 0.717) is 40.4 Å². The number of rotatable bonds is 9. The Morgan fingerprint density at radius 3 is 2.65 bits per heavy atom. The van der Waals surface area contributed by atoms with Crippen LogP contribution < -0.4 is 9.64 Å². The summed E-state index contributed by atoms with van der Waals surface area (Å²) < 4.78 is 10.8. The summed E-state index contributed by atoms with van der Waals surface area (Å²) in [5.41, 5.74) is 1.91. The molecule has 1 aromatic carbocycles. The molecule has 1 amide bonds. The zero-order chi connectivity index (χ0) is 24.5. The molecule has 6 nitrogen and oxygen atoms in total. The monoisotopic (exact) mass is 498 g/mol. The van der Waals surface area contributed by atoms with Gasteiger partial charge in [0.25, 0.3) is 5.91 Å². The van der Waals surface area contributed by atoms with E-state index in [1.807, 2.05) is 6.07 Å². The van der Waals surface area contributed by atoms with E-state index in [0.717, 1.165) is 18.4 Å². The van der Waals surface area contributed by atoms with Crippen LogP contribution in [-0.2, 0) is 20.9 Å². The number of carbonyl (C=O) groups excluding carboxylic acids is 2. The number of amides is 1. The molecule has 1 aromatic heterocycles. The lowest BCUT2D eigenvalue weighted by atomic mass is 9.90. The third-order valence-electron chi connectivity index (χ3n) is 5.22. The number of benzene rings is 1. The van der Waals surface area contributed by atoms with Crippen LogP contribution in [0.1, 0.15) is 31.2 Å². The Hall–Kier alpha value is -3.27. The van der Waals surface area contributed by atoms with Crippen LogP contribution in [-0.4, -0.2) is 30.1 Å². The number of halogens is 2. The van der Waals surface area contributed by atoms with Crippen molar-refractivity contribution in [3.63, 3.8) is 0 Å². The van der Waals surface area contributed by atoms with Crippen LogP contribution in [0.3, 0.4) is 0 Å². The van der Waals surface area contributed by atoms with Crippen molar-refractivity contribution < 1.29 is 19.1 Å². The van der Waals surface area contributed by atoms with E-state index < -0.39 is 5.97 Å². The van der Waals surface area contributed by atoms with E-state index in [9.17, 15) is 9.59 Å². The van der Waals surface area contributed by atoms with Gasteiger partial charge in [-0.15, -0.1) is 6.42 Å². The summed E-state index contributed by atoms with van der Waals surface area (Å²) in [6.07, 6.45) is 12.5. The lowest BCUT2D eigenvalue weighted by Gasteiger charge is -2.28. The molecule has 2 aromatic rings. The highest BCUT2D eigenvalue weighted by Crippen LogP contribution is 2.39. The predicted octanol–water partition coefficient (Wildman–Crippen LogP) is 5.53. The minimum Gasteiger partial charge on any atom is -0.488 e. The van der Waals surface area contributed by atoms with Gasteiger partial charge in [0.1, 0.15) is 12.4 Å². The molecule has 1 heterocycles. The minimum absolute atomic E-state index is 0.157. The van der Waals surface area contributed by atoms with Crippen LogP contribution in [0.5, 0.6) is 5.75 Å². The van der Waals surface area contributed by atoms with E-state index in [-0.39, 0.29) is 30.7 Å². The number of esters is 1. The molecule has 0 bridgehead atoms. The Morgan fingerprint density at radius 2 is 1.97 bits per heavy atom. The number of carbonyl (C=O) groups is 2.